The Morgan fingerprint density at radius 3 is 2.16 bits per heavy atom. The summed E-state index contributed by atoms with van der Waals surface area (Å²) in [6.45, 7) is 2.65. The molecule has 2 rings (SSSR count). The second-order valence-electron chi connectivity index (χ2n) is 17.1. The maximum absolute atomic E-state index is 13.5. The van der Waals surface area contributed by atoms with E-state index >= 15 is 0 Å². The molecule has 9 N–H and O–H groups in total. The number of unbranched alkanes of at least 4 members (excludes halogenated alkanes) is 6. The van der Waals surface area contributed by atoms with Gasteiger partial charge in [-0.25, -0.2) is 4.57 Å². The maximum atomic E-state index is 13.5. The molecule has 0 aromatic carbocycles. The third-order valence-electron chi connectivity index (χ3n) is 11.3. The first-order valence-corrected chi connectivity index (χ1v) is 25.6. The Hall–Kier alpha value is -2.87. The van der Waals surface area contributed by atoms with Crippen LogP contribution in [0.2, 0.25) is 0 Å². The zero-order chi connectivity index (χ0) is 49.5. The number of hydrogen-bond acceptors (Lipinski definition) is 16. The normalized spacial score (nSPS) is 32.4. The Morgan fingerprint density at radius 1 is 0.821 bits per heavy atom. The number of phosphoric acid groups is 1. The summed E-state index contributed by atoms with van der Waals surface area (Å²) in [6.07, 6.45) is 11.7. The number of esters is 2. The molecule has 2 heterocycles. The summed E-state index contributed by atoms with van der Waals surface area (Å²) in [7, 11) is -5.48. The third-order valence-corrected chi connectivity index (χ3v) is 12.3. The Labute approximate surface area is 397 Å². The van der Waals surface area contributed by atoms with Crippen LogP contribution in [0.1, 0.15) is 136 Å². The van der Waals surface area contributed by atoms with E-state index in [4.69, 9.17) is 23.3 Å². The summed E-state index contributed by atoms with van der Waals surface area (Å²) in [5.41, 5.74) is 0. The Bertz CT molecular complexity index is 1580. The molecule has 0 radical (unpaired) electrons. The van der Waals surface area contributed by atoms with Gasteiger partial charge < -0.3 is 60.0 Å². The SMILES string of the molecule is CC/C=C\C/C=C\C/C=C\C/C=C\CCCCCCC(=O)OC[C@@H]1COP(=O)(O)O[C@H]2[C@H](O)[C@@H](O)[C@H](O)[C@@H](C/C=C\CCCC(=O)O1)[C@@H](O)CC(O)O[C@H](C=C[C@@H](O)CCCCC)[C@@H](O)[C@H]2O. The number of carbonyl (C=O) groups is 2. The second-order valence-corrected chi connectivity index (χ2v) is 18.5. The zero-order valence-corrected chi connectivity index (χ0v) is 40.3. The molecule has 18 heteroatoms. The Morgan fingerprint density at radius 2 is 1.48 bits per heavy atom. The van der Waals surface area contributed by atoms with Crippen molar-refractivity contribution in [3.8, 4) is 0 Å². The number of phosphoric ester groups is 1. The highest BCUT2D eigenvalue weighted by Crippen LogP contribution is 2.47. The predicted molar refractivity (Wildman–Crippen MR) is 252 cm³/mol. The molecular formula is C49H81O17P. The molecule has 17 nitrogen and oxygen atoms in total. The fourth-order valence-corrected chi connectivity index (χ4v) is 8.36. The van der Waals surface area contributed by atoms with Gasteiger partial charge >= 0.3 is 19.8 Å². The van der Waals surface area contributed by atoms with Crippen molar-refractivity contribution in [2.24, 2.45) is 5.92 Å². The van der Waals surface area contributed by atoms with E-state index in [1.165, 1.54) is 6.08 Å². The van der Waals surface area contributed by atoms with Gasteiger partial charge in [-0.3, -0.25) is 18.6 Å². The summed E-state index contributed by atoms with van der Waals surface area (Å²) in [5, 5.41) is 89.2. The summed E-state index contributed by atoms with van der Waals surface area (Å²) in [4.78, 5) is 36.5. The van der Waals surface area contributed by atoms with Crippen LogP contribution in [0.4, 0.5) is 0 Å². The lowest BCUT2D eigenvalue weighted by Gasteiger charge is -2.39. The van der Waals surface area contributed by atoms with E-state index in [1.54, 1.807) is 12.2 Å². The van der Waals surface area contributed by atoms with Gasteiger partial charge in [0.05, 0.1) is 24.9 Å². The van der Waals surface area contributed by atoms with Gasteiger partial charge in [0.2, 0.25) is 0 Å². The van der Waals surface area contributed by atoms with E-state index in [-0.39, 0.29) is 25.7 Å². The van der Waals surface area contributed by atoms with Crippen LogP contribution in [-0.4, -0.2) is 138 Å². The van der Waals surface area contributed by atoms with E-state index in [0.29, 0.717) is 25.7 Å². The number of aliphatic hydroxyl groups excluding tert-OH is 8. The van der Waals surface area contributed by atoms with Crippen LogP contribution in [-0.2, 0) is 37.4 Å². The first-order chi connectivity index (χ1) is 32.1. The van der Waals surface area contributed by atoms with Crippen molar-refractivity contribution in [3.63, 3.8) is 0 Å². The van der Waals surface area contributed by atoms with Crippen molar-refractivity contribution >= 4 is 19.8 Å². The van der Waals surface area contributed by atoms with E-state index in [9.17, 15) is 59.9 Å². The summed E-state index contributed by atoms with van der Waals surface area (Å²) in [6, 6.07) is 0. The zero-order valence-electron chi connectivity index (χ0n) is 39.4. The monoisotopic (exact) mass is 973 g/mol. The van der Waals surface area contributed by atoms with Gasteiger partial charge in [0.25, 0.3) is 0 Å². The van der Waals surface area contributed by atoms with E-state index < -0.39 is 113 Å². The molecule has 1 saturated heterocycles. The lowest BCUT2D eigenvalue weighted by atomic mass is 9.83. The van der Waals surface area contributed by atoms with Gasteiger partial charge in [0.1, 0.15) is 43.2 Å². The molecule has 67 heavy (non-hydrogen) atoms. The molecule has 2 aliphatic rings. The molecule has 1 fully saturated rings. The lowest BCUT2D eigenvalue weighted by Crippen LogP contribution is -2.58. The van der Waals surface area contributed by atoms with Crippen LogP contribution in [0.25, 0.3) is 0 Å². The molecule has 0 aromatic heterocycles. The standard InChI is InChI=1S/C49H81O17P/c1-3-5-7-8-9-10-11-12-13-14-15-16-17-18-19-20-25-29-41(52)62-34-37-35-63-67(60,61)66-49-47(58)45(56)40(32-31-36(50)27-23-6-4-2)65-43(54)33-39(51)38(44(55)46(57)48(49)59)28-24-21-22-26-30-42(53)64-37/h5,7,9-10,12-13,15-16,21,24,31-32,36-40,43-51,54-59H,3-4,6,8,11,14,17-20,22-23,25-30,33-35H2,1-2H3,(H,60,61)/b7-5-,10-9-,13-12-,16-15-,24-21-,32-31?/t36-,37+,38-,39-,40+,43?,44+,45+,46-,47+,48+,49+/m0/s1. The smallest absolute Gasteiger partial charge is 0.462 e. The summed E-state index contributed by atoms with van der Waals surface area (Å²) in [5.74, 6) is -2.65. The van der Waals surface area contributed by atoms with Crippen LogP contribution in [0, 0.1) is 5.92 Å². The fourth-order valence-electron chi connectivity index (χ4n) is 7.38. The molecular weight excluding hydrogens is 891 g/mol. The van der Waals surface area contributed by atoms with Crippen molar-refractivity contribution < 1.29 is 83.2 Å². The van der Waals surface area contributed by atoms with Crippen LogP contribution in [0.5, 0.6) is 0 Å². The van der Waals surface area contributed by atoms with Crippen molar-refractivity contribution in [1.82, 2.24) is 0 Å². The molecule has 13 atom stereocenters. The summed E-state index contributed by atoms with van der Waals surface area (Å²) >= 11 is 0. The Balaban J connectivity index is 2.14. The molecule has 2 unspecified atom stereocenters. The van der Waals surface area contributed by atoms with Crippen molar-refractivity contribution in [1.29, 1.82) is 0 Å². The quantitative estimate of drug-likeness (QED) is 0.0276. The largest absolute Gasteiger partial charge is 0.472 e. The van der Waals surface area contributed by atoms with Crippen molar-refractivity contribution in [2.75, 3.05) is 13.2 Å². The number of hydrogen-bond donors (Lipinski definition) is 9. The average molecular weight is 973 g/mol. The van der Waals surface area contributed by atoms with Gasteiger partial charge in [-0.05, 0) is 70.6 Å². The van der Waals surface area contributed by atoms with Crippen molar-refractivity contribution in [2.45, 2.75) is 203 Å². The highest BCUT2D eigenvalue weighted by Gasteiger charge is 2.48. The number of carbonyl (C=O) groups excluding carboxylic acids is 2. The molecule has 0 aromatic rings. The van der Waals surface area contributed by atoms with Gasteiger partial charge in [-0.2, -0.15) is 0 Å². The molecule has 0 saturated carbocycles. The van der Waals surface area contributed by atoms with Gasteiger partial charge in [-0.15, -0.1) is 0 Å². The van der Waals surface area contributed by atoms with E-state index in [0.717, 1.165) is 70.3 Å². The molecule has 2 aliphatic heterocycles. The topological polar surface area (TPSA) is 279 Å². The summed E-state index contributed by atoms with van der Waals surface area (Å²) < 4.78 is 40.2. The third kappa shape index (κ3) is 26.1. The number of fused-ring (bicyclic) bond motifs is 4. The number of ether oxygens (including phenoxy) is 3. The molecule has 0 amide bonds. The number of allylic oxidation sites excluding steroid dienone is 10. The Kier molecular flexibility index (Phi) is 31.7. The molecule has 384 valence electrons. The van der Waals surface area contributed by atoms with Crippen LogP contribution in [0.3, 0.4) is 0 Å². The first-order valence-electron chi connectivity index (χ1n) is 24.1. The predicted octanol–water partition coefficient (Wildman–Crippen LogP) is 5.61. The molecule has 0 spiro atoms. The first kappa shape index (κ1) is 60.3. The van der Waals surface area contributed by atoms with Crippen LogP contribution in [0.15, 0.2) is 72.9 Å². The van der Waals surface area contributed by atoms with E-state index in [1.807, 2.05) is 6.92 Å². The van der Waals surface area contributed by atoms with Crippen LogP contribution < -0.4 is 0 Å². The molecule has 2 bridgehead atoms. The number of aliphatic hydroxyl groups is 8. The lowest BCUT2D eigenvalue weighted by molar-refractivity contribution is -0.213. The maximum Gasteiger partial charge on any atom is 0.472 e. The molecule has 0 aliphatic carbocycles. The number of cyclic esters (lactones) is 1. The second kappa shape index (κ2) is 35.3. The van der Waals surface area contributed by atoms with Crippen molar-refractivity contribution in [3.05, 3.63) is 72.9 Å². The van der Waals surface area contributed by atoms with Gasteiger partial charge in [0, 0.05) is 25.2 Å². The van der Waals surface area contributed by atoms with E-state index in [2.05, 4.69) is 55.5 Å². The minimum atomic E-state index is -5.48. The minimum absolute atomic E-state index is 0.0695. The van der Waals surface area contributed by atoms with Crippen LogP contribution >= 0.6 is 7.82 Å². The fraction of sp³-hybridized carbons (Fsp3) is 0.714. The highest BCUT2D eigenvalue weighted by atomic mass is 31.2. The minimum Gasteiger partial charge on any atom is -0.462 e. The number of rotatable bonds is 22. The van der Waals surface area contributed by atoms with Gasteiger partial charge in [-0.1, -0.05) is 119 Å². The highest BCUT2D eigenvalue weighted by molar-refractivity contribution is 7.47. The average Bonchev–Trinajstić information content (AvgIpc) is 3.29. The van der Waals surface area contributed by atoms with Gasteiger partial charge in [0.15, 0.2) is 12.4 Å².